The number of aliphatic hydroxyl groups is 3. The lowest BCUT2D eigenvalue weighted by molar-refractivity contribution is -0.0319. The van der Waals surface area contributed by atoms with E-state index < -0.39 is 77.5 Å². The maximum Gasteiger partial charge on any atom is 0.472 e. The molecule has 2 heterocycles. The topological polar surface area (TPSA) is 202 Å². The number of hydrogen-bond acceptors (Lipinski definition) is 10. The summed E-state index contributed by atoms with van der Waals surface area (Å²) in [7, 11) is -6.27. The van der Waals surface area contributed by atoms with Crippen LogP contribution in [0.5, 0.6) is 0 Å². The Morgan fingerprint density at radius 3 is 2.14 bits per heavy atom. The lowest BCUT2D eigenvalue weighted by Gasteiger charge is -2.24. The Kier molecular flexibility index (Phi) is 8.37. The molecule has 6 N–H and O–H groups in total. The summed E-state index contributed by atoms with van der Waals surface area (Å²) in [5.41, 5.74) is 0. The Hall–Kier alpha value is 0.215. The van der Waals surface area contributed by atoms with Gasteiger partial charge in [-0.1, -0.05) is 0 Å². The predicted molar refractivity (Wildman–Crippen MR) is 98.2 cm³/mol. The van der Waals surface area contributed by atoms with Gasteiger partial charge in [0.25, 0.3) is 0 Å². The van der Waals surface area contributed by atoms with Gasteiger partial charge in [-0.25, -0.2) is 9.13 Å². The molecule has 0 radical (unpaired) electrons. The Balaban J connectivity index is 2.00. The van der Waals surface area contributed by atoms with Crippen LogP contribution in [0.2, 0.25) is 0 Å². The molecule has 0 spiro atoms. The van der Waals surface area contributed by atoms with E-state index in [1.165, 1.54) is 7.85 Å². The van der Waals surface area contributed by atoms with Gasteiger partial charge < -0.3 is 39.5 Å². The predicted octanol–water partition coefficient (Wildman–Crippen LogP) is -5.25. The summed E-state index contributed by atoms with van der Waals surface area (Å²) in [5, 5.41) is 29.3. The zero-order chi connectivity index (χ0) is 21.3. The highest BCUT2D eigenvalue weighted by Gasteiger charge is 2.49. The first-order chi connectivity index (χ1) is 12.9. The van der Waals surface area contributed by atoms with Gasteiger partial charge >= 0.3 is 15.6 Å². The summed E-state index contributed by atoms with van der Waals surface area (Å²) in [6.45, 7) is -1.27. The number of rotatable bonds is 9. The van der Waals surface area contributed by atoms with E-state index in [1.54, 1.807) is 7.74 Å². The summed E-state index contributed by atoms with van der Waals surface area (Å²) in [4.78, 5) is 27.8. The summed E-state index contributed by atoms with van der Waals surface area (Å²) in [6.07, 6.45) is -7.84. The van der Waals surface area contributed by atoms with Crippen molar-refractivity contribution < 1.29 is 62.2 Å². The lowest BCUT2D eigenvalue weighted by atomic mass is 9.50. The van der Waals surface area contributed by atoms with E-state index in [9.17, 15) is 29.3 Å². The first kappa shape index (κ1) is 24.5. The van der Waals surface area contributed by atoms with Crippen LogP contribution in [-0.2, 0) is 32.2 Å². The first-order valence-corrected chi connectivity index (χ1v) is 11.6. The highest BCUT2D eigenvalue weighted by atomic mass is 31.2. The van der Waals surface area contributed by atoms with Gasteiger partial charge in [0.1, 0.15) is 51.6 Å². The third-order valence-electron chi connectivity index (χ3n) is 4.51. The van der Waals surface area contributed by atoms with Gasteiger partial charge in [0.2, 0.25) is 0 Å². The van der Waals surface area contributed by atoms with E-state index in [2.05, 4.69) is 4.52 Å². The molecule has 0 aliphatic carbocycles. The highest BCUT2D eigenvalue weighted by Crippen LogP contribution is 2.48. The van der Waals surface area contributed by atoms with Gasteiger partial charge in [-0.3, -0.25) is 13.6 Å². The second-order valence-corrected chi connectivity index (χ2v) is 9.16. The van der Waals surface area contributed by atoms with Crippen LogP contribution >= 0.6 is 15.6 Å². The van der Waals surface area contributed by atoms with Crippen LogP contribution in [0, 0.1) is 0 Å². The average molecular weight is 446 g/mol. The molecule has 28 heavy (non-hydrogen) atoms. The van der Waals surface area contributed by atoms with E-state index in [4.69, 9.17) is 28.3 Å². The van der Waals surface area contributed by atoms with Crippen LogP contribution < -0.4 is 0 Å². The Labute approximate surface area is 163 Å². The molecule has 2 aliphatic rings. The minimum absolute atomic E-state index is 0.376. The van der Waals surface area contributed by atoms with Gasteiger partial charge in [0, 0.05) is 6.00 Å². The lowest BCUT2D eigenvalue weighted by Crippen LogP contribution is -2.38. The molecule has 0 aromatic heterocycles. The Bertz CT molecular complexity index is 619. The normalized spacial score (nSPS) is 41.1. The van der Waals surface area contributed by atoms with Crippen molar-refractivity contribution in [2.75, 3.05) is 13.2 Å². The molecule has 0 aromatic rings. The molecule has 0 bridgehead atoms. The highest BCUT2D eigenvalue weighted by molar-refractivity contribution is 7.47. The zero-order valence-electron chi connectivity index (χ0n) is 15.2. The Morgan fingerprint density at radius 2 is 1.61 bits per heavy atom. The summed E-state index contributed by atoms with van der Waals surface area (Å²) >= 11 is 0. The van der Waals surface area contributed by atoms with E-state index in [-0.39, 0.29) is 0 Å². The molecule has 3 unspecified atom stereocenters. The van der Waals surface area contributed by atoms with E-state index in [0.717, 1.165) is 0 Å². The van der Waals surface area contributed by atoms with Crippen molar-refractivity contribution in [1.29, 1.82) is 0 Å². The fourth-order valence-corrected chi connectivity index (χ4v) is 4.67. The van der Waals surface area contributed by atoms with Crippen molar-refractivity contribution >= 4 is 38.4 Å². The second-order valence-electron chi connectivity index (χ2n) is 6.56. The quantitative estimate of drug-likeness (QED) is 0.145. The van der Waals surface area contributed by atoms with E-state index in [0.29, 0.717) is 7.17 Å². The van der Waals surface area contributed by atoms with Crippen LogP contribution in [0.1, 0.15) is 0 Å². The molecular weight excluding hydrogens is 422 g/mol. The maximum absolute atomic E-state index is 12.2. The molecule has 2 aliphatic heterocycles. The fraction of sp³-hybridized carbons (Fsp3) is 1.00. The molecule has 2 fully saturated rings. The molecular formula is C10H23B3O13P2. The van der Waals surface area contributed by atoms with Crippen LogP contribution in [-0.4, -0.2) is 115 Å². The van der Waals surface area contributed by atoms with Crippen molar-refractivity contribution in [2.45, 2.75) is 48.6 Å². The summed E-state index contributed by atoms with van der Waals surface area (Å²) < 4.78 is 48.1. The molecule has 2 saturated heterocycles. The van der Waals surface area contributed by atoms with Crippen molar-refractivity contribution in [1.82, 2.24) is 0 Å². The second kappa shape index (κ2) is 9.57. The molecule has 18 heteroatoms. The third-order valence-corrected chi connectivity index (χ3v) is 6.01. The number of phosphoric ester groups is 2. The smallest absolute Gasteiger partial charge is 0.394 e. The number of phosphoric acid groups is 2. The van der Waals surface area contributed by atoms with E-state index in [1.807, 2.05) is 0 Å². The van der Waals surface area contributed by atoms with Crippen LogP contribution in [0.3, 0.4) is 0 Å². The molecule has 0 saturated carbocycles. The molecule has 13 nitrogen and oxygen atoms in total. The van der Waals surface area contributed by atoms with Gasteiger partial charge in [0.05, 0.1) is 27.0 Å². The SMILES string of the molecule is BB[C@@H]1O[C@H](CO)C(OP(=O)(O)OC[C@H]2O[C@@H](B)[C@@H](O)C2OP(=O)(O)O)[C@@H]1O. The molecule has 160 valence electrons. The molecule has 0 aromatic carbocycles. The third kappa shape index (κ3) is 6.11. The summed E-state index contributed by atoms with van der Waals surface area (Å²) in [6, 6.07) is -1.57. The van der Waals surface area contributed by atoms with Gasteiger partial charge in [-0.05, 0) is 0 Å². The molecule has 0 amide bonds. The number of hydrogen-bond donors (Lipinski definition) is 6. The first-order valence-electron chi connectivity index (χ1n) is 8.56. The molecule has 2 rings (SSSR count). The largest absolute Gasteiger partial charge is 0.472 e. The van der Waals surface area contributed by atoms with Crippen molar-refractivity contribution in [2.24, 2.45) is 0 Å². The van der Waals surface area contributed by atoms with Crippen LogP contribution in [0.15, 0.2) is 0 Å². The van der Waals surface area contributed by atoms with Crippen molar-refractivity contribution in [3.63, 3.8) is 0 Å². The minimum Gasteiger partial charge on any atom is -0.394 e. The fourth-order valence-electron chi connectivity index (χ4n) is 3.12. The monoisotopic (exact) mass is 446 g/mol. The van der Waals surface area contributed by atoms with Crippen molar-refractivity contribution in [3.05, 3.63) is 0 Å². The molecule has 9 atom stereocenters. The van der Waals surface area contributed by atoms with Gasteiger partial charge in [-0.2, -0.15) is 0 Å². The number of aliphatic hydroxyl groups excluding tert-OH is 3. The minimum atomic E-state index is -4.97. The average Bonchev–Trinajstić information content (AvgIpc) is 3.03. The Morgan fingerprint density at radius 1 is 1.00 bits per heavy atom. The van der Waals surface area contributed by atoms with Crippen LogP contribution in [0.4, 0.5) is 0 Å². The van der Waals surface area contributed by atoms with Crippen molar-refractivity contribution in [3.8, 4) is 0 Å². The number of ether oxygens (including phenoxy) is 2. The zero-order valence-corrected chi connectivity index (χ0v) is 17.0. The van der Waals surface area contributed by atoms with E-state index >= 15 is 0 Å². The van der Waals surface area contributed by atoms with Crippen LogP contribution in [0.25, 0.3) is 0 Å². The standard InChI is InChI=1S/C10H23B3O13P2/c11-9-5(15)8(25-27(17,18)19)4(23-9)2-22-28(20,21)26-7-3(1-14)24-10(13-12)6(7)16/h3-10,13-16H,1-2,11-12H2,(H,20,21)(H2,17,18,19)/t3-,4-,5+,6+,7?,8?,9-,10-/m1/s1. The maximum atomic E-state index is 12.2. The van der Waals surface area contributed by atoms with Gasteiger partial charge in [0.15, 0.2) is 0 Å². The van der Waals surface area contributed by atoms with Gasteiger partial charge in [-0.15, -0.1) is 0 Å². The summed E-state index contributed by atoms with van der Waals surface area (Å²) in [5.74, 6) is 0.